The first kappa shape index (κ1) is 32.4. The number of guanidine groups is 1. The molecule has 0 aliphatic carbocycles. The predicted octanol–water partition coefficient (Wildman–Crippen LogP) is 5.96. The van der Waals surface area contributed by atoms with Gasteiger partial charge in [0.15, 0.2) is 0 Å². The van der Waals surface area contributed by atoms with Crippen LogP contribution in [-0.2, 0) is 9.63 Å². The number of oxime groups is 1. The number of hydrogen-bond acceptors (Lipinski definition) is 8. The fourth-order valence-electron chi connectivity index (χ4n) is 3.63. The second-order valence-electron chi connectivity index (χ2n) is 8.88. The third-order valence-corrected chi connectivity index (χ3v) is 5.76. The molecule has 0 radical (unpaired) electrons. The number of halogens is 3. The Balaban J connectivity index is 1.94. The standard InChI is InChI=1S/C30H32F3N5O5/c1-4-5-10-19-38(43-27(39)30(31,32)33)28(34)37-42-29-35-23(17-15-21-11-6-8-13-25(21)40-2)20-24(36-29)18-16-22-12-7-9-14-26(22)41-3/h6-9,11-18,20H,4-5,10,19H2,1-3H3,(H2,34,37)/b17-15+,18-16+. The van der Waals surface area contributed by atoms with Crippen molar-refractivity contribution in [3.8, 4) is 17.5 Å². The number of ether oxygens (including phenoxy) is 2. The van der Waals surface area contributed by atoms with Crippen molar-refractivity contribution in [3.63, 3.8) is 0 Å². The second-order valence-corrected chi connectivity index (χ2v) is 8.88. The molecule has 0 saturated carbocycles. The van der Waals surface area contributed by atoms with Crippen molar-refractivity contribution in [1.29, 1.82) is 0 Å². The normalized spacial score (nSPS) is 12.0. The number of carbonyl (C=O) groups excluding carboxylic acids is 1. The van der Waals surface area contributed by atoms with Crippen LogP contribution in [0.25, 0.3) is 24.3 Å². The molecule has 0 saturated heterocycles. The van der Waals surface area contributed by atoms with Crippen LogP contribution < -0.4 is 20.0 Å². The molecule has 0 bridgehead atoms. The lowest BCUT2D eigenvalue weighted by Gasteiger charge is -2.21. The maximum Gasteiger partial charge on any atom is 0.493 e. The maximum absolute atomic E-state index is 12.8. The molecule has 0 unspecified atom stereocenters. The Morgan fingerprint density at radius 3 is 1.93 bits per heavy atom. The van der Waals surface area contributed by atoms with Crippen LogP contribution in [0, 0.1) is 0 Å². The van der Waals surface area contributed by atoms with E-state index < -0.39 is 18.1 Å². The van der Waals surface area contributed by atoms with Gasteiger partial charge in [0.1, 0.15) is 11.5 Å². The number of carbonyl (C=O) groups is 1. The number of para-hydroxylation sites is 2. The summed E-state index contributed by atoms with van der Waals surface area (Å²) >= 11 is 0. The van der Waals surface area contributed by atoms with E-state index in [2.05, 4.69) is 20.0 Å². The van der Waals surface area contributed by atoms with Gasteiger partial charge in [-0.3, -0.25) is 0 Å². The third-order valence-electron chi connectivity index (χ3n) is 5.76. The van der Waals surface area contributed by atoms with Gasteiger partial charge in [-0.15, -0.1) is 0 Å². The molecule has 13 heteroatoms. The number of aromatic nitrogens is 2. The molecule has 0 aliphatic heterocycles. The Morgan fingerprint density at radius 1 is 0.907 bits per heavy atom. The van der Waals surface area contributed by atoms with E-state index in [0.29, 0.717) is 40.8 Å². The quantitative estimate of drug-likeness (QED) is 0.116. The van der Waals surface area contributed by atoms with Gasteiger partial charge in [0.25, 0.3) is 5.96 Å². The number of hydrogen-bond donors (Lipinski definition) is 1. The number of benzene rings is 2. The minimum atomic E-state index is -5.22. The van der Waals surface area contributed by atoms with Crippen molar-refractivity contribution in [3.05, 3.63) is 77.1 Å². The van der Waals surface area contributed by atoms with Crippen LogP contribution in [0.4, 0.5) is 13.2 Å². The topological polar surface area (TPSA) is 121 Å². The zero-order valence-electron chi connectivity index (χ0n) is 23.9. The van der Waals surface area contributed by atoms with Crippen molar-refractivity contribution < 1.29 is 37.1 Å². The molecule has 3 rings (SSSR count). The van der Waals surface area contributed by atoms with Crippen molar-refractivity contribution in [2.45, 2.75) is 32.4 Å². The van der Waals surface area contributed by atoms with E-state index in [4.69, 9.17) is 20.0 Å². The number of nitrogens with zero attached hydrogens (tertiary/aromatic N) is 4. The second kappa shape index (κ2) is 15.8. The minimum absolute atomic E-state index is 0.135. The van der Waals surface area contributed by atoms with Crippen LogP contribution in [0.1, 0.15) is 48.7 Å². The Hall–Kier alpha value is -5.07. The van der Waals surface area contributed by atoms with Crippen LogP contribution in [0.5, 0.6) is 17.5 Å². The van der Waals surface area contributed by atoms with E-state index >= 15 is 0 Å². The lowest BCUT2D eigenvalue weighted by atomic mass is 10.1. The molecular formula is C30H32F3N5O5. The van der Waals surface area contributed by atoms with Gasteiger partial charge in [0, 0.05) is 11.1 Å². The van der Waals surface area contributed by atoms with E-state index in [-0.39, 0.29) is 12.6 Å². The van der Waals surface area contributed by atoms with Gasteiger partial charge >= 0.3 is 18.2 Å². The summed E-state index contributed by atoms with van der Waals surface area (Å²) in [4.78, 5) is 29.8. The summed E-state index contributed by atoms with van der Waals surface area (Å²) in [6.07, 6.45) is 3.53. The van der Waals surface area contributed by atoms with E-state index in [1.165, 1.54) is 0 Å². The summed E-state index contributed by atoms with van der Waals surface area (Å²) in [5.74, 6) is -1.77. The zero-order valence-corrected chi connectivity index (χ0v) is 23.9. The van der Waals surface area contributed by atoms with E-state index in [0.717, 1.165) is 17.5 Å². The molecule has 10 nitrogen and oxygen atoms in total. The smallest absolute Gasteiger partial charge is 0.493 e. The molecule has 0 aliphatic rings. The zero-order chi connectivity index (χ0) is 31.2. The van der Waals surface area contributed by atoms with E-state index in [9.17, 15) is 18.0 Å². The van der Waals surface area contributed by atoms with Gasteiger partial charge in [-0.2, -0.15) is 28.2 Å². The Bertz CT molecular complexity index is 1380. The fourth-order valence-corrected chi connectivity index (χ4v) is 3.63. The highest BCUT2D eigenvalue weighted by atomic mass is 19.4. The molecule has 3 aromatic rings. The molecule has 0 amide bonds. The van der Waals surface area contributed by atoms with Gasteiger partial charge in [-0.25, -0.2) is 4.79 Å². The number of hydroxylamine groups is 2. The Morgan fingerprint density at radius 2 is 1.44 bits per heavy atom. The van der Waals surface area contributed by atoms with Crippen LogP contribution in [0.2, 0.25) is 0 Å². The maximum atomic E-state index is 12.8. The minimum Gasteiger partial charge on any atom is -0.496 e. The number of unbranched alkanes of at least 4 members (excludes halogenated alkanes) is 2. The van der Waals surface area contributed by atoms with Crippen LogP contribution >= 0.6 is 0 Å². The molecule has 1 aromatic heterocycles. The van der Waals surface area contributed by atoms with Crippen LogP contribution in [-0.4, -0.2) is 53.9 Å². The number of methoxy groups -OCH3 is 2. The first-order valence-corrected chi connectivity index (χ1v) is 13.2. The van der Waals surface area contributed by atoms with Crippen molar-refractivity contribution >= 4 is 36.2 Å². The lowest BCUT2D eigenvalue weighted by molar-refractivity contribution is -0.226. The molecule has 0 atom stereocenters. The first-order valence-electron chi connectivity index (χ1n) is 13.2. The summed E-state index contributed by atoms with van der Waals surface area (Å²) in [6, 6.07) is 16.1. The molecule has 228 valence electrons. The largest absolute Gasteiger partial charge is 0.496 e. The molecule has 1 heterocycles. The summed E-state index contributed by atoms with van der Waals surface area (Å²) < 4.78 is 49.2. The summed E-state index contributed by atoms with van der Waals surface area (Å²) in [5.41, 5.74) is 8.24. The van der Waals surface area contributed by atoms with Gasteiger partial charge in [-0.05, 0) is 54.1 Å². The molecule has 0 spiro atoms. The summed E-state index contributed by atoms with van der Waals surface area (Å²) in [7, 11) is 3.12. The third kappa shape index (κ3) is 10.1. The molecular weight excluding hydrogens is 567 g/mol. The SMILES string of the molecule is CCCCCN(OC(=O)C(F)(F)F)C(N)=NOc1nc(/C=C/c2ccccc2OC)cc(/C=C/c2ccccc2OC)n1. The number of nitrogens with two attached hydrogens (primary N) is 1. The summed E-state index contributed by atoms with van der Waals surface area (Å²) in [6.45, 7) is 1.77. The van der Waals surface area contributed by atoms with Crippen LogP contribution in [0.15, 0.2) is 59.8 Å². The van der Waals surface area contributed by atoms with Crippen molar-refractivity contribution in [2.24, 2.45) is 10.9 Å². The average Bonchev–Trinajstić information content (AvgIpc) is 3.00. The highest BCUT2D eigenvalue weighted by Crippen LogP contribution is 2.23. The monoisotopic (exact) mass is 599 g/mol. The van der Waals surface area contributed by atoms with E-state index in [1.54, 1.807) is 44.6 Å². The highest BCUT2D eigenvalue weighted by molar-refractivity contribution is 5.81. The van der Waals surface area contributed by atoms with Gasteiger partial charge in [0.05, 0.1) is 32.2 Å². The molecule has 2 N–H and O–H groups in total. The Labute approximate surface area is 247 Å². The highest BCUT2D eigenvalue weighted by Gasteiger charge is 2.43. The van der Waals surface area contributed by atoms with Gasteiger partial charge < -0.3 is 24.9 Å². The van der Waals surface area contributed by atoms with Gasteiger partial charge in [-0.1, -0.05) is 56.2 Å². The summed E-state index contributed by atoms with van der Waals surface area (Å²) in [5, 5.41) is 4.17. The van der Waals surface area contributed by atoms with Crippen LogP contribution in [0.3, 0.4) is 0 Å². The first-order chi connectivity index (χ1) is 20.6. The number of alkyl halides is 3. The molecule has 2 aromatic carbocycles. The van der Waals surface area contributed by atoms with Crippen molar-refractivity contribution in [2.75, 3.05) is 20.8 Å². The van der Waals surface area contributed by atoms with Gasteiger partial charge in [0.2, 0.25) is 0 Å². The molecule has 43 heavy (non-hydrogen) atoms. The molecule has 0 fully saturated rings. The van der Waals surface area contributed by atoms with E-state index in [1.807, 2.05) is 55.5 Å². The Kier molecular flexibility index (Phi) is 11.9. The van der Waals surface area contributed by atoms with Crippen molar-refractivity contribution in [1.82, 2.24) is 15.0 Å². The fraction of sp³-hybridized carbons (Fsp3) is 0.267. The average molecular weight is 600 g/mol. The predicted molar refractivity (Wildman–Crippen MR) is 157 cm³/mol. The number of rotatable bonds is 12. The lowest BCUT2D eigenvalue weighted by Crippen LogP contribution is -2.43.